The van der Waals surface area contributed by atoms with Gasteiger partial charge in [0.25, 0.3) is 0 Å². The van der Waals surface area contributed by atoms with Crippen LogP contribution in [-0.2, 0) is 30.1 Å². The molecule has 0 unspecified atom stereocenters. The second-order valence-corrected chi connectivity index (χ2v) is 13.7. The van der Waals surface area contributed by atoms with Gasteiger partial charge in [-0.2, -0.15) is 0 Å². The minimum atomic E-state index is -0.0625. The van der Waals surface area contributed by atoms with E-state index in [9.17, 15) is 0 Å². The van der Waals surface area contributed by atoms with Gasteiger partial charge in [0.15, 0.2) is 0 Å². The molecule has 4 aliphatic rings. The minimum Gasteiger partial charge on any atom is -0.361 e. The third kappa shape index (κ3) is 3.55. The maximum atomic E-state index is 6.84. The third-order valence-corrected chi connectivity index (χ3v) is 10.4. The van der Waals surface area contributed by atoms with E-state index in [0.717, 1.165) is 88.3 Å². The summed E-state index contributed by atoms with van der Waals surface area (Å²) in [5.74, 6) is 2.08. The molecule has 8 heteroatoms. The molecular formula is C28H44N6O2. The fourth-order valence-electron chi connectivity index (χ4n) is 7.89. The van der Waals surface area contributed by atoms with Crippen LogP contribution in [0.15, 0.2) is 15.2 Å². The lowest BCUT2D eigenvalue weighted by Gasteiger charge is -2.47. The van der Waals surface area contributed by atoms with E-state index < -0.39 is 0 Å². The summed E-state index contributed by atoms with van der Waals surface area (Å²) < 4.78 is 11.8. The molecule has 2 aromatic rings. The van der Waals surface area contributed by atoms with Crippen molar-refractivity contribution in [1.29, 1.82) is 0 Å². The second kappa shape index (κ2) is 8.13. The highest BCUT2D eigenvalue weighted by Crippen LogP contribution is 2.49. The van der Waals surface area contributed by atoms with Gasteiger partial charge < -0.3 is 20.5 Å². The highest BCUT2D eigenvalue weighted by Gasteiger charge is 2.53. The molecule has 0 saturated carbocycles. The molecule has 2 atom stereocenters. The summed E-state index contributed by atoms with van der Waals surface area (Å²) in [6.45, 7) is 15.7. The predicted octanol–water partition coefficient (Wildman–Crippen LogP) is 2.92. The summed E-state index contributed by atoms with van der Waals surface area (Å²) in [6, 6.07) is 0.254. The Kier molecular flexibility index (Phi) is 5.55. The smallest absolute Gasteiger partial charge is 0.147 e. The number of nitrogens with zero attached hydrogens (tertiary/aromatic N) is 4. The molecule has 2 spiro atoms. The van der Waals surface area contributed by atoms with Crippen molar-refractivity contribution in [2.75, 3.05) is 26.2 Å². The van der Waals surface area contributed by atoms with E-state index in [0.29, 0.717) is 0 Å². The van der Waals surface area contributed by atoms with Gasteiger partial charge in [-0.15, -0.1) is 0 Å². The van der Waals surface area contributed by atoms with Crippen LogP contribution in [0.4, 0.5) is 0 Å². The van der Waals surface area contributed by atoms with E-state index in [-0.39, 0.29) is 34.0 Å². The molecule has 8 nitrogen and oxygen atoms in total. The van der Waals surface area contributed by atoms with Crippen LogP contribution in [0.5, 0.6) is 0 Å². The molecule has 4 heterocycles. The molecule has 0 bridgehead atoms. The van der Waals surface area contributed by atoms with E-state index in [1.807, 2.05) is 6.20 Å². The van der Waals surface area contributed by atoms with Crippen LogP contribution in [0.2, 0.25) is 0 Å². The van der Waals surface area contributed by atoms with Gasteiger partial charge >= 0.3 is 0 Å². The Morgan fingerprint density at radius 3 is 2.17 bits per heavy atom. The first-order chi connectivity index (χ1) is 17.0. The topological polar surface area (TPSA) is 111 Å². The van der Waals surface area contributed by atoms with Crippen LogP contribution >= 0.6 is 0 Å². The molecule has 2 aliphatic heterocycles. The largest absolute Gasteiger partial charge is 0.361 e. The van der Waals surface area contributed by atoms with E-state index in [1.165, 1.54) is 11.1 Å². The molecule has 0 amide bonds. The number of likely N-dealkylation sites (tertiary alicyclic amines) is 2. The first kappa shape index (κ1) is 24.6. The average Bonchev–Trinajstić information content (AvgIpc) is 3.55. The van der Waals surface area contributed by atoms with Gasteiger partial charge in [-0.25, -0.2) is 0 Å². The number of hydrogen-bond donors (Lipinski definition) is 2. The van der Waals surface area contributed by atoms with Crippen LogP contribution in [0, 0.1) is 0 Å². The molecule has 198 valence electrons. The normalized spacial score (nSPS) is 28.2. The van der Waals surface area contributed by atoms with Crippen LogP contribution in [0.1, 0.15) is 88.6 Å². The van der Waals surface area contributed by atoms with E-state index in [4.69, 9.17) is 25.7 Å². The number of hydrogen-bond acceptors (Lipinski definition) is 8. The Hall–Kier alpha value is -1.74. The molecule has 2 saturated heterocycles. The lowest BCUT2D eigenvalue weighted by atomic mass is 9.72. The van der Waals surface area contributed by atoms with Gasteiger partial charge in [0.1, 0.15) is 11.5 Å². The summed E-state index contributed by atoms with van der Waals surface area (Å²) >= 11 is 0. The number of piperidine rings is 2. The molecule has 6 rings (SSSR count). The highest BCUT2D eigenvalue weighted by atomic mass is 16.5. The van der Waals surface area contributed by atoms with Crippen molar-refractivity contribution in [2.45, 2.75) is 114 Å². The van der Waals surface area contributed by atoms with Gasteiger partial charge in [-0.3, -0.25) is 9.80 Å². The van der Waals surface area contributed by atoms with Crippen molar-refractivity contribution in [3.05, 3.63) is 34.5 Å². The molecule has 2 aliphatic carbocycles. The summed E-state index contributed by atoms with van der Waals surface area (Å²) in [7, 11) is 0. The molecule has 0 aromatic carbocycles. The summed E-state index contributed by atoms with van der Waals surface area (Å²) in [5, 5.41) is 8.76. The van der Waals surface area contributed by atoms with E-state index in [1.54, 1.807) is 0 Å². The standard InChI is InChI=1S/C28H44N6O2/c1-25(2,3)33-10-6-27(7-11-33)22(30)15-19-20(35-32-23(19)27)16-26(4,5)34-12-8-28(9-13-34)21(29)14-18-17-31-36-24(18)28/h17,21-22H,6-16,29-30H2,1-5H3/t21-,22-/m1/s1. The first-order valence-electron chi connectivity index (χ1n) is 13.9. The van der Waals surface area contributed by atoms with Crippen LogP contribution < -0.4 is 11.5 Å². The van der Waals surface area contributed by atoms with Crippen LogP contribution in [-0.4, -0.2) is 69.5 Å². The maximum Gasteiger partial charge on any atom is 0.147 e. The molecular weight excluding hydrogens is 452 g/mol. The van der Waals surface area contributed by atoms with Crippen molar-refractivity contribution in [1.82, 2.24) is 20.1 Å². The zero-order chi connectivity index (χ0) is 25.5. The maximum absolute atomic E-state index is 6.84. The fourth-order valence-corrected chi connectivity index (χ4v) is 7.89. The molecule has 2 aromatic heterocycles. The van der Waals surface area contributed by atoms with Crippen molar-refractivity contribution in [3.8, 4) is 0 Å². The Morgan fingerprint density at radius 2 is 1.50 bits per heavy atom. The number of fused-ring (bicyclic) bond motifs is 4. The quantitative estimate of drug-likeness (QED) is 0.667. The first-order valence-corrected chi connectivity index (χ1v) is 13.9. The minimum absolute atomic E-state index is 0.0339. The summed E-state index contributed by atoms with van der Waals surface area (Å²) in [5.41, 5.74) is 17.2. The number of rotatable bonds is 3. The van der Waals surface area contributed by atoms with E-state index in [2.05, 4.69) is 49.6 Å². The van der Waals surface area contributed by atoms with Crippen molar-refractivity contribution >= 4 is 0 Å². The zero-order valence-electron chi connectivity index (χ0n) is 22.8. The Labute approximate surface area is 215 Å². The lowest BCUT2D eigenvalue weighted by molar-refractivity contribution is 0.0453. The summed E-state index contributed by atoms with van der Waals surface area (Å²) in [6.07, 6.45) is 8.60. The van der Waals surface area contributed by atoms with Gasteiger partial charge in [-0.05, 0) is 99.3 Å². The molecule has 36 heavy (non-hydrogen) atoms. The number of nitrogens with two attached hydrogens (primary N) is 2. The number of aromatic nitrogens is 2. The van der Waals surface area contributed by atoms with Gasteiger partial charge in [0.2, 0.25) is 0 Å². The lowest BCUT2D eigenvalue weighted by Crippen LogP contribution is -2.56. The van der Waals surface area contributed by atoms with Gasteiger partial charge in [0.05, 0.1) is 11.9 Å². The van der Waals surface area contributed by atoms with Crippen molar-refractivity contribution in [3.63, 3.8) is 0 Å². The Bertz CT molecular complexity index is 1110. The Morgan fingerprint density at radius 1 is 0.889 bits per heavy atom. The zero-order valence-corrected chi connectivity index (χ0v) is 22.8. The fraction of sp³-hybridized carbons (Fsp3) is 0.786. The van der Waals surface area contributed by atoms with Gasteiger partial charge in [-0.1, -0.05) is 10.3 Å². The van der Waals surface area contributed by atoms with E-state index >= 15 is 0 Å². The van der Waals surface area contributed by atoms with Crippen molar-refractivity contribution in [2.24, 2.45) is 11.5 Å². The molecule has 0 radical (unpaired) electrons. The molecule has 2 fully saturated rings. The van der Waals surface area contributed by atoms with Gasteiger partial charge in [0, 0.05) is 51.5 Å². The molecule has 4 N–H and O–H groups in total. The van der Waals surface area contributed by atoms with Crippen LogP contribution in [0.3, 0.4) is 0 Å². The van der Waals surface area contributed by atoms with Crippen molar-refractivity contribution < 1.29 is 9.05 Å². The van der Waals surface area contributed by atoms with Crippen LogP contribution in [0.25, 0.3) is 0 Å². The summed E-state index contributed by atoms with van der Waals surface area (Å²) in [4.78, 5) is 5.18. The SMILES string of the molecule is CC(C)(C)N1CCC2(CC1)c1noc(CC(C)(C)N3CCC4(CC3)c3oncc3C[C@H]4N)c1C[C@H]2N. The third-order valence-electron chi connectivity index (χ3n) is 10.4. The highest BCUT2D eigenvalue weighted by molar-refractivity contribution is 5.40. The predicted molar refractivity (Wildman–Crippen MR) is 139 cm³/mol. The monoisotopic (exact) mass is 496 g/mol. The Balaban J connectivity index is 1.16. The second-order valence-electron chi connectivity index (χ2n) is 13.7. The average molecular weight is 497 g/mol.